The first-order valence-electron chi connectivity index (χ1n) is 4.32. The van der Waals surface area contributed by atoms with E-state index in [1.165, 1.54) is 12.1 Å². The van der Waals surface area contributed by atoms with E-state index in [-0.39, 0.29) is 5.69 Å². The van der Waals surface area contributed by atoms with Crippen molar-refractivity contribution in [3.63, 3.8) is 0 Å². The van der Waals surface area contributed by atoms with E-state index in [2.05, 4.69) is 27.7 Å². The average Bonchev–Trinajstić information content (AvgIpc) is 2.64. The van der Waals surface area contributed by atoms with Gasteiger partial charge in [-0.2, -0.15) is 5.10 Å². The van der Waals surface area contributed by atoms with Gasteiger partial charge in [0.25, 0.3) is 5.69 Å². The Morgan fingerprint density at radius 3 is 2.75 bits per heavy atom. The molecule has 1 heterocycles. The Kier molecular flexibility index (Phi) is 2.77. The maximum atomic E-state index is 10.7. The number of nitro benzene ring substituents is 1. The Labute approximate surface area is 104 Å². The lowest BCUT2D eigenvalue weighted by Gasteiger charge is -2.02. The molecule has 2 rings (SSSR count). The van der Waals surface area contributed by atoms with Gasteiger partial charge in [0.1, 0.15) is 0 Å². The third kappa shape index (κ3) is 2.13. The molecule has 0 spiro atoms. The summed E-state index contributed by atoms with van der Waals surface area (Å²) in [6, 6.07) is 4.38. The first kappa shape index (κ1) is 10.9. The van der Waals surface area contributed by atoms with Gasteiger partial charge in [-0.15, -0.1) is 0 Å². The van der Waals surface area contributed by atoms with Crippen LogP contribution in [-0.2, 0) is 0 Å². The molecule has 0 aliphatic rings. The van der Waals surface area contributed by atoms with E-state index in [1.807, 2.05) is 0 Å². The van der Waals surface area contributed by atoms with Crippen LogP contribution in [0.5, 0.6) is 0 Å². The number of hydrogen-bond donors (Lipinski definition) is 1. The molecule has 82 valence electrons. The van der Waals surface area contributed by atoms with Crippen LogP contribution < -0.4 is 5.73 Å². The minimum Gasteiger partial charge on any atom is -0.398 e. The molecular formula is C9H7IN4O2. The normalized spacial score (nSPS) is 10.3. The van der Waals surface area contributed by atoms with Gasteiger partial charge in [0.05, 0.1) is 20.4 Å². The van der Waals surface area contributed by atoms with E-state index < -0.39 is 4.92 Å². The highest BCUT2D eigenvalue weighted by molar-refractivity contribution is 14.1. The number of hydrogen-bond acceptors (Lipinski definition) is 4. The molecule has 2 aromatic rings. The summed E-state index contributed by atoms with van der Waals surface area (Å²) in [7, 11) is 0. The largest absolute Gasteiger partial charge is 0.398 e. The number of nitrogens with zero attached hydrogens (tertiary/aromatic N) is 3. The van der Waals surface area contributed by atoms with Crippen LogP contribution in [0.25, 0.3) is 5.69 Å². The molecule has 0 saturated carbocycles. The van der Waals surface area contributed by atoms with E-state index >= 15 is 0 Å². The maximum Gasteiger partial charge on any atom is 0.273 e. The Hall–Kier alpha value is -1.64. The predicted molar refractivity (Wildman–Crippen MR) is 67.3 cm³/mol. The highest BCUT2D eigenvalue weighted by atomic mass is 127. The summed E-state index contributed by atoms with van der Waals surface area (Å²) in [4.78, 5) is 10.2. The third-order valence-corrected chi connectivity index (χ3v) is 2.51. The van der Waals surface area contributed by atoms with Crippen LogP contribution >= 0.6 is 22.6 Å². The van der Waals surface area contributed by atoms with Gasteiger partial charge < -0.3 is 5.73 Å². The Bertz CT molecular complexity index is 552. The molecule has 0 fully saturated rings. The zero-order valence-corrected chi connectivity index (χ0v) is 10.2. The third-order valence-electron chi connectivity index (χ3n) is 1.95. The fraction of sp³-hybridized carbons (Fsp3) is 0. The molecule has 1 aromatic carbocycles. The lowest BCUT2D eigenvalue weighted by atomic mass is 10.2. The predicted octanol–water partition coefficient (Wildman–Crippen LogP) is 1.97. The van der Waals surface area contributed by atoms with Crippen LogP contribution in [-0.4, -0.2) is 14.7 Å². The van der Waals surface area contributed by atoms with Crippen LogP contribution in [0.3, 0.4) is 0 Å². The summed E-state index contributed by atoms with van der Waals surface area (Å²) in [5.41, 5.74) is 6.47. The Morgan fingerprint density at radius 2 is 2.19 bits per heavy atom. The Balaban J connectivity index is 2.53. The standard InChI is InChI=1S/C9H7IN4O2/c10-6-4-12-13(5-6)8-1-7(11)2-9(3-8)14(15)16/h1-5H,11H2. The smallest absolute Gasteiger partial charge is 0.273 e. The SMILES string of the molecule is Nc1cc(-n2cc(I)cn2)cc([N+](=O)[O-])c1. The number of nitro groups is 1. The number of nitrogens with two attached hydrogens (primary N) is 1. The molecule has 0 aliphatic carbocycles. The molecule has 7 heteroatoms. The van der Waals surface area contributed by atoms with Gasteiger partial charge >= 0.3 is 0 Å². The molecule has 0 bridgehead atoms. The van der Waals surface area contributed by atoms with Crippen molar-refractivity contribution in [1.82, 2.24) is 9.78 Å². The minimum atomic E-state index is -0.478. The first-order chi connectivity index (χ1) is 7.56. The number of benzene rings is 1. The number of rotatable bonds is 2. The number of anilines is 1. The van der Waals surface area contributed by atoms with Crippen molar-refractivity contribution >= 4 is 34.0 Å². The number of non-ortho nitro benzene ring substituents is 1. The van der Waals surface area contributed by atoms with Crippen molar-refractivity contribution in [2.45, 2.75) is 0 Å². The summed E-state index contributed by atoms with van der Waals surface area (Å²) in [6.45, 7) is 0. The summed E-state index contributed by atoms with van der Waals surface area (Å²) >= 11 is 2.11. The van der Waals surface area contributed by atoms with E-state index in [9.17, 15) is 10.1 Å². The van der Waals surface area contributed by atoms with Gasteiger partial charge in [-0.25, -0.2) is 4.68 Å². The second-order valence-corrected chi connectivity index (χ2v) is 4.39. The molecule has 0 aliphatic heterocycles. The summed E-state index contributed by atoms with van der Waals surface area (Å²) < 4.78 is 2.49. The van der Waals surface area contributed by atoms with Gasteiger partial charge in [0.2, 0.25) is 0 Å². The maximum absolute atomic E-state index is 10.7. The molecule has 0 unspecified atom stereocenters. The van der Waals surface area contributed by atoms with E-state index in [4.69, 9.17) is 5.73 Å². The number of halogens is 1. The van der Waals surface area contributed by atoms with Crippen LogP contribution in [0, 0.1) is 13.7 Å². The summed E-state index contributed by atoms with van der Waals surface area (Å²) in [5, 5.41) is 14.7. The molecule has 1 aromatic heterocycles. The topological polar surface area (TPSA) is 87.0 Å². The molecule has 2 N–H and O–H groups in total. The average molecular weight is 330 g/mol. The summed E-state index contributed by atoms with van der Waals surface area (Å²) in [5.74, 6) is 0. The van der Waals surface area contributed by atoms with Gasteiger partial charge in [-0.3, -0.25) is 10.1 Å². The van der Waals surface area contributed by atoms with Gasteiger partial charge in [0, 0.05) is 24.0 Å². The van der Waals surface area contributed by atoms with Crippen LogP contribution in [0.15, 0.2) is 30.6 Å². The molecule has 6 nitrogen and oxygen atoms in total. The second kappa shape index (κ2) is 4.08. The Morgan fingerprint density at radius 1 is 1.44 bits per heavy atom. The first-order valence-corrected chi connectivity index (χ1v) is 5.39. The van der Waals surface area contributed by atoms with Crippen molar-refractivity contribution < 1.29 is 4.92 Å². The van der Waals surface area contributed by atoms with Crippen LogP contribution in [0.4, 0.5) is 11.4 Å². The van der Waals surface area contributed by atoms with E-state index in [1.54, 1.807) is 23.1 Å². The highest BCUT2D eigenvalue weighted by Gasteiger charge is 2.10. The zero-order chi connectivity index (χ0) is 11.7. The molecule has 16 heavy (non-hydrogen) atoms. The van der Waals surface area contributed by atoms with E-state index in [0.717, 1.165) is 3.57 Å². The molecule has 0 saturated heterocycles. The minimum absolute atomic E-state index is 0.0412. The molecule has 0 atom stereocenters. The number of aromatic nitrogens is 2. The number of nitrogen functional groups attached to an aromatic ring is 1. The van der Waals surface area contributed by atoms with E-state index in [0.29, 0.717) is 11.4 Å². The second-order valence-electron chi connectivity index (χ2n) is 3.14. The fourth-order valence-corrected chi connectivity index (χ4v) is 1.69. The van der Waals surface area contributed by atoms with Crippen molar-refractivity contribution in [2.24, 2.45) is 0 Å². The zero-order valence-electron chi connectivity index (χ0n) is 8.00. The fourth-order valence-electron chi connectivity index (χ4n) is 1.30. The highest BCUT2D eigenvalue weighted by Crippen LogP contribution is 2.21. The van der Waals surface area contributed by atoms with Crippen LogP contribution in [0.2, 0.25) is 0 Å². The van der Waals surface area contributed by atoms with Crippen molar-refractivity contribution in [2.75, 3.05) is 5.73 Å². The van der Waals surface area contributed by atoms with Crippen molar-refractivity contribution in [1.29, 1.82) is 0 Å². The van der Waals surface area contributed by atoms with Gasteiger partial charge in [-0.05, 0) is 28.7 Å². The van der Waals surface area contributed by atoms with Crippen molar-refractivity contribution in [3.8, 4) is 5.69 Å². The molecule has 0 amide bonds. The molecule has 0 radical (unpaired) electrons. The lowest BCUT2D eigenvalue weighted by molar-refractivity contribution is -0.384. The van der Waals surface area contributed by atoms with Crippen LogP contribution in [0.1, 0.15) is 0 Å². The quantitative estimate of drug-likeness (QED) is 0.395. The van der Waals surface area contributed by atoms with Crippen molar-refractivity contribution in [3.05, 3.63) is 44.3 Å². The monoisotopic (exact) mass is 330 g/mol. The summed E-state index contributed by atoms with van der Waals surface area (Å²) in [6.07, 6.45) is 3.43. The van der Waals surface area contributed by atoms with Gasteiger partial charge in [0.15, 0.2) is 0 Å². The lowest BCUT2D eigenvalue weighted by Crippen LogP contribution is -1.98. The van der Waals surface area contributed by atoms with Gasteiger partial charge in [-0.1, -0.05) is 0 Å². The molecular weight excluding hydrogens is 323 g/mol.